The van der Waals surface area contributed by atoms with Crippen molar-refractivity contribution in [3.05, 3.63) is 23.8 Å². The second-order valence-corrected chi connectivity index (χ2v) is 5.22. The Morgan fingerprint density at radius 3 is 2.26 bits per heavy atom. The van der Waals surface area contributed by atoms with E-state index in [0.29, 0.717) is 6.54 Å². The number of likely N-dealkylation sites (N-methyl/N-ethyl adjacent to an activating group) is 1. The maximum absolute atomic E-state index is 6.12. The molecule has 0 aromatic heterocycles. The molecule has 2 rings (SSSR count). The van der Waals surface area contributed by atoms with E-state index in [0.717, 1.165) is 24.5 Å². The van der Waals surface area contributed by atoms with Crippen LogP contribution in [0, 0.1) is 0 Å². The first-order chi connectivity index (χ1) is 9.16. The highest BCUT2D eigenvalue weighted by Gasteiger charge is 2.37. The fraction of sp³-hybridized carbons (Fsp3) is 0.600. The largest absolute Gasteiger partial charge is 0.497 e. The highest BCUT2D eigenvalue weighted by molar-refractivity contribution is 5.42. The van der Waals surface area contributed by atoms with Gasteiger partial charge in [-0.2, -0.15) is 0 Å². The van der Waals surface area contributed by atoms with Crippen LogP contribution >= 0.6 is 0 Å². The minimum atomic E-state index is -0.0972. The monoisotopic (exact) mass is 264 g/mol. The Labute approximate surface area is 115 Å². The van der Waals surface area contributed by atoms with E-state index < -0.39 is 0 Å². The third kappa shape index (κ3) is 2.55. The molecule has 1 atom stereocenters. The molecular weight excluding hydrogens is 240 g/mol. The molecule has 106 valence electrons. The van der Waals surface area contributed by atoms with Crippen molar-refractivity contribution in [2.24, 2.45) is 5.73 Å². The predicted octanol–water partition coefficient (Wildman–Crippen LogP) is 1.97. The van der Waals surface area contributed by atoms with Gasteiger partial charge in [0.1, 0.15) is 11.5 Å². The van der Waals surface area contributed by atoms with E-state index in [1.807, 2.05) is 6.07 Å². The van der Waals surface area contributed by atoms with Gasteiger partial charge in [0.25, 0.3) is 0 Å². The van der Waals surface area contributed by atoms with E-state index in [4.69, 9.17) is 15.2 Å². The molecule has 1 heterocycles. The van der Waals surface area contributed by atoms with Crippen LogP contribution in [-0.4, -0.2) is 39.3 Å². The maximum Gasteiger partial charge on any atom is 0.122 e. The number of likely N-dealkylation sites (tertiary alicyclic amines) is 1. The number of rotatable bonds is 4. The SMILES string of the molecule is COc1cc(OC)cc(C2(CN)CCCCN2C)c1. The van der Waals surface area contributed by atoms with Crippen LogP contribution in [-0.2, 0) is 5.54 Å². The Bertz CT molecular complexity index is 414. The van der Waals surface area contributed by atoms with Gasteiger partial charge in [-0.1, -0.05) is 0 Å². The van der Waals surface area contributed by atoms with Crippen LogP contribution < -0.4 is 15.2 Å². The molecule has 1 fully saturated rings. The van der Waals surface area contributed by atoms with E-state index in [1.54, 1.807) is 14.2 Å². The number of ether oxygens (including phenoxy) is 2. The predicted molar refractivity (Wildman–Crippen MR) is 76.8 cm³/mol. The lowest BCUT2D eigenvalue weighted by Gasteiger charge is -2.45. The van der Waals surface area contributed by atoms with Gasteiger partial charge in [-0.15, -0.1) is 0 Å². The fourth-order valence-electron chi connectivity index (χ4n) is 2.99. The molecule has 0 saturated carbocycles. The molecule has 0 amide bonds. The number of nitrogens with two attached hydrogens (primary N) is 1. The molecule has 4 nitrogen and oxygen atoms in total. The second kappa shape index (κ2) is 5.80. The van der Waals surface area contributed by atoms with Crippen molar-refractivity contribution in [3.63, 3.8) is 0 Å². The Morgan fingerprint density at radius 2 is 1.79 bits per heavy atom. The van der Waals surface area contributed by atoms with Crippen LogP contribution in [0.1, 0.15) is 24.8 Å². The third-order valence-corrected chi connectivity index (χ3v) is 4.29. The number of piperidine rings is 1. The van der Waals surface area contributed by atoms with Crippen LogP contribution in [0.3, 0.4) is 0 Å². The number of methoxy groups -OCH3 is 2. The van der Waals surface area contributed by atoms with Crippen molar-refractivity contribution in [2.45, 2.75) is 24.8 Å². The molecule has 0 spiro atoms. The molecule has 1 aliphatic rings. The molecular formula is C15H24N2O2. The lowest BCUT2D eigenvalue weighted by atomic mass is 9.80. The molecule has 0 radical (unpaired) electrons. The molecule has 1 unspecified atom stereocenters. The molecule has 0 aliphatic carbocycles. The number of hydrogen-bond acceptors (Lipinski definition) is 4. The van der Waals surface area contributed by atoms with Gasteiger partial charge >= 0.3 is 0 Å². The molecule has 1 aromatic carbocycles. The summed E-state index contributed by atoms with van der Waals surface area (Å²) >= 11 is 0. The van der Waals surface area contributed by atoms with E-state index in [9.17, 15) is 0 Å². The fourth-order valence-corrected chi connectivity index (χ4v) is 2.99. The minimum Gasteiger partial charge on any atom is -0.497 e. The summed E-state index contributed by atoms with van der Waals surface area (Å²) in [5, 5.41) is 0. The van der Waals surface area contributed by atoms with Crippen molar-refractivity contribution in [3.8, 4) is 11.5 Å². The van der Waals surface area contributed by atoms with Gasteiger partial charge < -0.3 is 15.2 Å². The molecule has 1 saturated heterocycles. The van der Waals surface area contributed by atoms with Crippen molar-refractivity contribution in [1.82, 2.24) is 4.90 Å². The average molecular weight is 264 g/mol. The summed E-state index contributed by atoms with van der Waals surface area (Å²) in [4.78, 5) is 2.37. The molecule has 1 aromatic rings. The molecule has 1 aliphatic heterocycles. The van der Waals surface area contributed by atoms with Crippen LogP contribution in [0.2, 0.25) is 0 Å². The Hall–Kier alpha value is -1.26. The van der Waals surface area contributed by atoms with Crippen LogP contribution in [0.15, 0.2) is 18.2 Å². The smallest absolute Gasteiger partial charge is 0.122 e. The molecule has 4 heteroatoms. The van der Waals surface area contributed by atoms with E-state index >= 15 is 0 Å². The van der Waals surface area contributed by atoms with E-state index in [-0.39, 0.29) is 5.54 Å². The number of benzene rings is 1. The topological polar surface area (TPSA) is 47.7 Å². The van der Waals surface area contributed by atoms with Gasteiger partial charge in [0.15, 0.2) is 0 Å². The zero-order chi connectivity index (χ0) is 13.9. The van der Waals surface area contributed by atoms with Gasteiger partial charge in [-0.25, -0.2) is 0 Å². The summed E-state index contributed by atoms with van der Waals surface area (Å²) < 4.78 is 10.7. The van der Waals surface area contributed by atoms with Crippen molar-refractivity contribution in [2.75, 3.05) is 34.4 Å². The normalized spacial score (nSPS) is 24.2. The van der Waals surface area contributed by atoms with Crippen molar-refractivity contribution >= 4 is 0 Å². The maximum atomic E-state index is 6.12. The lowest BCUT2D eigenvalue weighted by Crippen LogP contribution is -2.52. The van der Waals surface area contributed by atoms with Gasteiger partial charge in [0.2, 0.25) is 0 Å². The zero-order valence-corrected chi connectivity index (χ0v) is 12.1. The van der Waals surface area contributed by atoms with Crippen molar-refractivity contribution in [1.29, 1.82) is 0 Å². The van der Waals surface area contributed by atoms with E-state index in [1.165, 1.54) is 18.4 Å². The summed E-state index contributed by atoms with van der Waals surface area (Å²) in [6.07, 6.45) is 3.52. The Balaban J connectivity index is 2.47. The van der Waals surface area contributed by atoms with E-state index in [2.05, 4.69) is 24.1 Å². The van der Waals surface area contributed by atoms with Crippen LogP contribution in [0.4, 0.5) is 0 Å². The summed E-state index contributed by atoms with van der Waals surface area (Å²) in [7, 11) is 5.51. The molecule has 2 N–H and O–H groups in total. The van der Waals surface area contributed by atoms with Crippen molar-refractivity contribution < 1.29 is 9.47 Å². The van der Waals surface area contributed by atoms with Crippen LogP contribution in [0.25, 0.3) is 0 Å². The third-order valence-electron chi connectivity index (χ3n) is 4.29. The number of hydrogen-bond donors (Lipinski definition) is 1. The summed E-state index contributed by atoms with van der Waals surface area (Å²) in [5.74, 6) is 1.64. The van der Waals surface area contributed by atoms with Gasteiger partial charge in [0, 0.05) is 12.6 Å². The quantitative estimate of drug-likeness (QED) is 0.903. The summed E-state index contributed by atoms with van der Waals surface area (Å²) in [6, 6.07) is 6.06. The molecule has 0 bridgehead atoms. The lowest BCUT2D eigenvalue weighted by molar-refractivity contribution is 0.0780. The Kier molecular flexibility index (Phi) is 4.32. The highest BCUT2D eigenvalue weighted by Crippen LogP contribution is 2.39. The van der Waals surface area contributed by atoms with Crippen LogP contribution in [0.5, 0.6) is 11.5 Å². The number of nitrogens with zero attached hydrogens (tertiary/aromatic N) is 1. The average Bonchev–Trinajstić information content (AvgIpc) is 2.47. The standard InChI is InChI=1S/C15H24N2O2/c1-17-7-5-4-6-15(17,11-16)12-8-13(18-2)10-14(9-12)19-3/h8-10H,4-7,11,16H2,1-3H3. The summed E-state index contributed by atoms with van der Waals surface area (Å²) in [6.45, 7) is 1.69. The van der Waals surface area contributed by atoms with Gasteiger partial charge in [0.05, 0.1) is 19.8 Å². The van der Waals surface area contributed by atoms with Gasteiger partial charge in [-0.05, 0) is 50.6 Å². The first-order valence-corrected chi connectivity index (χ1v) is 6.81. The first-order valence-electron chi connectivity index (χ1n) is 6.81. The highest BCUT2D eigenvalue weighted by atomic mass is 16.5. The zero-order valence-electron chi connectivity index (χ0n) is 12.1. The molecule has 19 heavy (non-hydrogen) atoms. The minimum absolute atomic E-state index is 0.0972. The second-order valence-electron chi connectivity index (χ2n) is 5.22. The van der Waals surface area contributed by atoms with Gasteiger partial charge in [-0.3, -0.25) is 4.90 Å². The summed E-state index contributed by atoms with van der Waals surface area (Å²) in [5.41, 5.74) is 7.21. The first kappa shape index (κ1) is 14.2. The Morgan fingerprint density at radius 1 is 1.16 bits per heavy atom.